The number of pyridine rings is 2. The normalized spacial score (nSPS) is 14.3. The molecule has 0 spiro atoms. The Morgan fingerprint density at radius 3 is 2.27 bits per heavy atom. The molecular formula is C29H29N7O2S2. The van der Waals surface area contributed by atoms with E-state index in [1.165, 1.54) is 11.3 Å². The number of nitrogens with zero attached hydrogens (tertiary/aromatic N) is 5. The molecule has 1 aliphatic rings. The third kappa shape index (κ3) is 6.39. The fraction of sp³-hybridized carbons (Fsp3) is 0.241. The van der Waals surface area contributed by atoms with Crippen LogP contribution in [0.3, 0.4) is 0 Å². The summed E-state index contributed by atoms with van der Waals surface area (Å²) in [5.41, 5.74) is 1.35. The molecule has 0 saturated carbocycles. The molecule has 1 atom stereocenters. The van der Waals surface area contributed by atoms with Crippen molar-refractivity contribution in [3.8, 4) is 23.0 Å². The molecule has 6 aromatic rings. The summed E-state index contributed by atoms with van der Waals surface area (Å²) in [5, 5.41) is 9.01. The van der Waals surface area contributed by atoms with E-state index in [-0.39, 0.29) is 11.7 Å². The Morgan fingerprint density at radius 2 is 1.60 bits per heavy atom. The number of thiophene rings is 2. The van der Waals surface area contributed by atoms with Gasteiger partial charge < -0.3 is 15.0 Å². The van der Waals surface area contributed by atoms with Gasteiger partial charge in [-0.15, -0.1) is 22.7 Å². The molecular weight excluding hydrogens is 543 g/mol. The molecule has 1 aliphatic heterocycles. The number of aromatic nitrogens is 6. The van der Waals surface area contributed by atoms with E-state index < -0.39 is 0 Å². The molecule has 11 heteroatoms. The Labute approximate surface area is 239 Å². The average molecular weight is 572 g/mol. The molecule has 0 bridgehead atoms. The van der Waals surface area contributed by atoms with Gasteiger partial charge in [0.15, 0.2) is 11.6 Å². The lowest BCUT2D eigenvalue weighted by Gasteiger charge is -2.12. The first-order valence-corrected chi connectivity index (χ1v) is 14.9. The quantitative estimate of drug-likeness (QED) is 0.243. The van der Waals surface area contributed by atoms with E-state index in [1.54, 1.807) is 29.8 Å². The minimum atomic E-state index is -0.119. The predicted molar refractivity (Wildman–Crippen MR) is 163 cm³/mol. The van der Waals surface area contributed by atoms with E-state index >= 15 is 0 Å². The molecule has 204 valence electrons. The van der Waals surface area contributed by atoms with Gasteiger partial charge in [-0.1, -0.05) is 26.0 Å². The molecule has 0 aliphatic carbocycles. The standard InChI is InChI=1S/C16H16N4OS.C11H7N3OS.C2H6/c1-2-7-17-13(5-1)15-19-14(12-6-9-22-16(12)20-15)18-10-11-4-3-8-21-11;15-10-7-4-6-16-11(7)14-9(13-10)8-3-1-2-5-12-8;1-2/h1-2,5-7,9,11H,3-4,8,10H2,(H,18,19,20);1-6H,(H,13,14,15);1-2H3. The van der Waals surface area contributed by atoms with Crippen molar-refractivity contribution in [1.82, 2.24) is 29.9 Å². The number of H-pyrrole nitrogens is 1. The van der Waals surface area contributed by atoms with Crippen molar-refractivity contribution in [2.45, 2.75) is 32.8 Å². The van der Waals surface area contributed by atoms with Gasteiger partial charge in [0.25, 0.3) is 5.56 Å². The maximum Gasteiger partial charge on any atom is 0.259 e. The molecule has 7 heterocycles. The summed E-state index contributed by atoms with van der Waals surface area (Å²) in [6.07, 6.45) is 5.97. The van der Waals surface area contributed by atoms with Crippen LogP contribution in [0.5, 0.6) is 0 Å². The van der Waals surface area contributed by atoms with Crippen LogP contribution in [-0.4, -0.2) is 49.2 Å². The molecule has 1 unspecified atom stereocenters. The second kappa shape index (κ2) is 13.3. The van der Waals surface area contributed by atoms with Crippen LogP contribution in [0.4, 0.5) is 5.82 Å². The van der Waals surface area contributed by atoms with Gasteiger partial charge in [0.05, 0.1) is 16.9 Å². The second-order valence-electron chi connectivity index (χ2n) is 8.54. The summed E-state index contributed by atoms with van der Waals surface area (Å²) in [6, 6.07) is 15.1. The Kier molecular flexibility index (Phi) is 9.17. The molecule has 0 aromatic carbocycles. The number of hydrogen-bond donors (Lipinski definition) is 2. The Hall–Kier alpha value is -4.06. The number of hydrogen-bond acceptors (Lipinski definition) is 10. The highest BCUT2D eigenvalue weighted by Gasteiger charge is 2.17. The van der Waals surface area contributed by atoms with Crippen molar-refractivity contribution in [1.29, 1.82) is 0 Å². The van der Waals surface area contributed by atoms with Gasteiger partial charge in [-0.3, -0.25) is 14.8 Å². The summed E-state index contributed by atoms with van der Waals surface area (Å²) in [5.74, 6) is 2.04. The largest absolute Gasteiger partial charge is 0.376 e. The zero-order valence-corrected chi connectivity index (χ0v) is 23.8. The van der Waals surface area contributed by atoms with Crippen LogP contribution < -0.4 is 10.9 Å². The predicted octanol–water partition coefficient (Wildman–Crippen LogP) is 6.42. The zero-order valence-electron chi connectivity index (χ0n) is 22.2. The SMILES string of the molecule is CC.O=c1[nH]c(-c2ccccn2)nc2sccc12.c1ccc(-c2nc(NCC3CCCO3)c3ccsc3n2)nc1. The van der Waals surface area contributed by atoms with Crippen molar-refractivity contribution < 1.29 is 4.74 Å². The Balaban J connectivity index is 0.000000159. The van der Waals surface area contributed by atoms with Gasteiger partial charge in [-0.2, -0.15) is 0 Å². The zero-order chi connectivity index (χ0) is 27.7. The summed E-state index contributed by atoms with van der Waals surface area (Å²) in [7, 11) is 0. The van der Waals surface area contributed by atoms with Gasteiger partial charge in [-0.25, -0.2) is 15.0 Å². The van der Waals surface area contributed by atoms with E-state index in [0.29, 0.717) is 22.7 Å². The van der Waals surface area contributed by atoms with Crippen LogP contribution in [0, 0.1) is 0 Å². The maximum absolute atomic E-state index is 11.7. The number of rotatable bonds is 5. The topological polar surface area (TPSA) is 119 Å². The van der Waals surface area contributed by atoms with Crippen LogP contribution >= 0.6 is 22.7 Å². The molecule has 1 saturated heterocycles. The number of nitrogens with one attached hydrogen (secondary N) is 2. The Bertz CT molecular complexity index is 1710. The van der Waals surface area contributed by atoms with E-state index in [1.807, 2.05) is 61.0 Å². The number of anilines is 1. The highest BCUT2D eigenvalue weighted by Crippen LogP contribution is 2.28. The molecule has 6 aromatic heterocycles. The fourth-order valence-corrected chi connectivity index (χ4v) is 5.63. The summed E-state index contributed by atoms with van der Waals surface area (Å²) >= 11 is 3.07. The molecule has 0 amide bonds. The molecule has 40 heavy (non-hydrogen) atoms. The van der Waals surface area contributed by atoms with Gasteiger partial charge in [0.2, 0.25) is 0 Å². The van der Waals surface area contributed by atoms with Gasteiger partial charge in [0, 0.05) is 25.5 Å². The van der Waals surface area contributed by atoms with Crippen LogP contribution in [0.2, 0.25) is 0 Å². The van der Waals surface area contributed by atoms with Gasteiger partial charge in [0.1, 0.15) is 26.9 Å². The average Bonchev–Trinajstić information content (AvgIpc) is 3.81. The van der Waals surface area contributed by atoms with Crippen molar-refractivity contribution in [3.63, 3.8) is 0 Å². The first-order chi connectivity index (χ1) is 19.7. The molecule has 9 nitrogen and oxygen atoms in total. The lowest BCUT2D eigenvalue weighted by molar-refractivity contribution is 0.120. The number of aromatic amines is 1. The van der Waals surface area contributed by atoms with E-state index in [2.05, 4.69) is 41.3 Å². The lowest BCUT2D eigenvalue weighted by Crippen LogP contribution is -2.19. The van der Waals surface area contributed by atoms with Crippen molar-refractivity contribution >= 4 is 48.9 Å². The number of ether oxygens (including phenoxy) is 1. The lowest BCUT2D eigenvalue weighted by atomic mass is 10.2. The number of fused-ring (bicyclic) bond motifs is 2. The van der Waals surface area contributed by atoms with Crippen molar-refractivity contribution in [2.24, 2.45) is 0 Å². The van der Waals surface area contributed by atoms with Crippen LogP contribution in [0.15, 0.2) is 76.5 Å². The van der Waals surface area contributed by atoms with E-state index in [9.17, 15) is 4.79 Å². The third-order valence-corrected chi connectivity index (χ3v) is 7.60. The minimum Gasteiger partial charge on any atom is -0.376 e. The summed E-state index contributed by atoms with van der Waals surface area (Å²) in [6.45, 7) is 5.65. The summed E-state index contributed by atoms with van der Waals surface area (Å²) < 4.78 is 5.67. The highest BCUT2D eigenvalue weighted by molar-refractivity contribution is 7.17. The van der Waals surface area contributed by atoms with Gasteiger partial charge >= 0.3 is 0 Å². The first-order valence-electron chi connectivity index (χ1n) is 13.2. The van der Waals surface area contributed by atoms with Crippen LogP contribution in [-0.2, 0) is 4.74 Å². The van der Waals surface area contributed by atoms with E-state index in [4.69, 9.17) is 4.74 Å². The first kappa shape index (κ1) is 27.5. The second-order valence-corrected chi connectivity index (χ2v) is 10.3. The van der Waals surface area contributed by atoms with Crippen LogP contribution in [0.1, 0.15) is 26.7 Å². The minimum absolute atomic E-state index is 0.119. The monoisotopic (exact) mass is 571 g/mol. The fourth-order valence-electron chi connectivity index (χ4n) is 4.10. The third-order valence-electron chi connectivity index (χ3n) is 5.98. The molecule has 2 N–H and O–H groups in total. The Morgan fingerprint density at radius 1 is 0.900 bits per heavy atom. The van der Waals surface area contributed by atoms with Crippen LogP contribution in [0.25, 0.3) is 43.5 Å². The highest BCUT2D eigenvalue weighted by atomic mass is 32.1. The summed E-state index contributed by atoms with van der Waals surface area (Å²) in [4.78, 5) is 38.3. The molecule has 1 fully saturated rings. The van der Waals surface area contributed by atoms with Gasteiger partial charge in [-0.05, 0) is 60.0 Å². The molecule has 0 radical (unpaired) electrons. The smallest absolute Gasteiger partial charge is 0.259 e. The van der Waals surface area contributed by atoms with E-state index in [0.717, 1.165) is 52.6 Å². The van der Waals surface area contributed by atoms with Crippen molar-refractivity contribution in [3.05, 3.63) is 82.0 Å². The maximum atomic E-state index is 11.7. The van der Waals surface area contributed by atoms with Crippen molar-refractivity contribution in [2.75, 3.05) is 18.5 Å². The molecule has 7 rings (SSSR count).